The van der Waals surface area contributed by atoms with Crippen LogP contribution in [0.25, 0.3) is 11.3 Å². The maximum atomic E-state index is 12.5. The van der Waals surface area contributed by atoms with Gasteiger partial charge in [-0.2, -0.15) is 0 Å². The molecule has 1 amide bonds. The Morgan fingerprint density at radius 2 is 1.73 bits per heavy atom. The molecule has 0 spiro atoms. The molecular formula is C24H29N3O2S. The molecule has 30 heavy (non-hydrogen) atoms. The minimum absolute atomic E-state index is 0.139. The first kappa shape index (κ1) is 21.8. The molecule has 2 aromatic carbocycles. The van der Waals surface area contributed by atoms with Crippen molar-refractivity contribution in [3.8, 4) is 17.0 Å². The summed E-state index contributed by atoms with van der Waals surface area (Å²) in [5.41, 5.74) is 3.35. The van der Waals surface area contributed by atoms with Crippen molar-refractivity contribution in [1.29, 1.82) is 0 Å². The highest BCUT2D eigenvalue weighted by Crippen LogP contribution is 2.28. The van der Waals surface area contributed by atoms with Crippen LogP contribution in [0.4, 0.5) is 10.8 Å². The van der Waals surface area contributed by atoms with Crippen molar-refractivity contribution in [2.45, 2.75) is 33.6 Å². The van der Waals surface area contributed by atoms with Gasteiger partial charge in [-0.15, -0.1) is 11.3 Å². The van der Waals surface area contributed by atoms with E-state index in [0.717, 1.165) is 53.8 Å². The number of hydrogen-bond donors (Lipinski definition) is 1. The molecule has 0 aliphatic heterocycles. The Bertz CT molecular complexity index is 932. The van der Waals surface area contributed by atoms with Gasteiger partial charge in [0, 0.05) is 35.3 Å². The number of carbonyl (C=O) groups excluding carboxylic acids is 1. The third-order valence-corrected chi connectivity index (χ3v) is 5.75. The molecule has 1 heterocycles. The Labute approximate surface area is 182 Å². The van der Waals surface area contributed by atoms with Crippen molar-refractivity contribution < 1.29 is 9.53 Å². The van der Waals surface area contributed by atoms with E-state index in [0.29, 0.717) is 12.2 Å². The van der Waals surface area contributed by atoms with Crippen LogP contribution in [-0.2, 0) is 0 Å². The average Bonchev–Trinajstić information content (AvgIpc) is 3.26. The molecule has 3 rings (SSSR count). The fraction of sp³-hybridized carbons (Fsp3) is 0.333. The maximum absolute atomic E-state index is 12.5. The van der Waals surface area contributed by atoms with Crippen LogP contribution in [0.1, 0.15) is 44.0 Å². The second kappa shape index (κ2) is 10.8. The van der Waals surface area contributed by atoms with Crippen LogP contribution in [0.3, 0.4) is 0 Å². The van der Waals surface area contributed by atoms with Crippen LogP contribution in [-0.4, -0.2) is 30.6 Å². The lowest BCUT2D eigenvalue weighted by Crippen LogP contribution is -2.21. The first-order valence-corrected chi connectivity index (χ1v) is 11.4. The molecular weight excluding hydrogens is 394 g/mol. The molecule has 5 nitrogen and oxygen atoms in total. The molecule has 0 bridgehead atoms. The Balaban J connectivity index is 1.61. The second-order valence-electron chi connectivity index (χ2n) is 6.95. The average molecular weight is 424 g/mol. The number of rotatable bonds is 10. The van der Waals surface area contributed by atoms with Crippen LogP contribution >= 0.6 is 11.3 Å². The number of nitrogens with zero attached hydrogens (tertiary/aromatic N) is 2. The molecule has 0 atom stereocenters. The van der Waals surface area contributed by atoms with Crippen LogP contribution in [0.15, 0.2) is 53.9 Å². The van der Waals surface area contributed by atoms with Gasteiger partial charge in [0.05, 0.1) is 12.3 Å². The molecule has 6 heteroatoms. The van der Waals surface area contributed by atoms with Gasteiger partial charge in [-0.25, -0.2) is 4.98 Å². The fourth-order valence-electron chi connectivity index (χ4n) is 3.00. The number of aromatic nitrogens is 1. The summed E-state index contributed by atoms with van der Waals surface area (Å²) in [7, 11) is 0. The highest BCUT2D eigenvalue weighted by Gasteiger charge is 2.10. The van der Waals surface area contributed by atoms with Crippen molar-refractivity contribution in [3.05, 3.63) is 59.5 Å². The standard InChI is InChI=1S/C24H29N3O2S/c1-4-7-16-29-21-14-10-19(11-15-21)23(28)25-20-12-8-18(9-13-20)22-17-30-24(26-22)27(5-2)6-3/h8-15,17H,4-7,16H2,1-3H3,(H,25,28). The molecule has 0 radical (unpaired) electrons. The normalized spacial score (nSPS) is 10.6. The Kier molecular flexibility index (Phi) is 7.85. The van der Waals surface area contributed by atoms with Crippen LogP contribution in [0.5, 0.6) is 5.75 Å². The van der Waals surface area contributed by atoms with Crippen LogP contribution in [0.2, 0.25) is 0 Å². The predicted molar refractivity (Wildman–Crippen MR) is 126 cm³/mol. The van der Waals surface area contributed by atoms with Crippen LogP contribution in [0, 0.1) is 0 Å². The topological polar surface area (TPSA) is 54.5 Å². The van der Waals surface area contributed by atoms with Gasteiger partial charge in [-0.3, -0.25) is 4.79 Å². The molecule has 0 aliphatic carbocycles. The van der Waals surface area contributed by atoms with E-state index < -0.39 is 0 Å². The zero-order valence-electron chi connectivity index (χ0n) is 17.9. The van der Waals surface area contributed by atoms with Gasteiger partial charge in [0.2, 0.25) is 0 Å². The predicted octanol–water partition coefficient (Wildman–Crippen LogP) is 6.09. The molecule has 1 aromatic heterocycles. The van der Waals surface area contributed by atoms with Gasteiger partial charge in [-0.05, 0) is 56.7 Å². The molecule has 1 N–H and O–H groups in total. The van der Waals surface area contributed by atoms with Gasteiger partial charge >= 0.3 is 0 Å². The SMILES string of the molecule is CCCCOc1ccc(C(=O)Nc2ccc(-c3csc(N(CC)CC)n3)cc2)cc1. The molecule has 0 aliphatic rings. The smallest absolute Gasteiger partial charge is 0.255 e. The monoisotopic (exact) mass is 423 g/mol. The van der Waals surface area contributed by atoms with E-state index in [1.807, 2.05) is 36.4 Å². The number of carbonyl (C=O) groups is 1. The Morgan fingerprint density at radius 1 is 1.03 bits per heavy atom. The summed E-state index contributed by atoms with van der Waals surface area (Å²) >= 11 is 1.66. The number of hydrogen-bond acceptors (Lipinski definition) is 5. The van der Waals surface area contributed by atoms with Crippen molar-refractivity contribution >= 4 is 28.1 Å². The third kappa shape index (κ3) is 5.60. The molecule has 0 fully saturated rings. The zero-order chi connectivity index (χ0) is 21.3. The number of amides is 1. The third-order valence-electron chi connectivity index (χ3n) is 4.85. The first-order valence-electron chi connectivity index (χ1n) is 10.5. The number of ether oxygens (including phenoxy) is 1. The van der Waals surface area contributed by atoms with Gasteiger partial charge in [0.25, 0.3) is 5.91 Å². The Morgan fingerprint density at radius 3 is 2.37 bits per heavy atom. The first-order chi connectivity index (χ1) is 14.6. The number of anilines is 2. The van der Waals surface area contributed by atoms with E-state index in [4.69, 9.17) is 9.72 Å². The summed E-state index contributed by atoms with van der Waals surface area (Å²) in [5.74, 6) is 0.650. The van der Waals surface area contributed by atoms with Crippen molar-refractivity contribution in [2.75, 3.05) is 29.9 Å². The summed E-state index contributed by atoms with van der Waals surface area (Å²) in [4.78, 5) is 19.5. The second-order valence-corrected chi connectivity index (χ2v) is 7.78. The quantitative estimate of drug-likeness (QED) is 0.401. The summed E-state index contributed by atoms with van der Waals surface area (Å²) < 4.78 is 5.65. The van der Waals surface area contributed by atoms with E-state index in [-0.39, 0.29) is 5.91 Å². The van der Waals surface area contributed by atoms with Crippen molar-refractivity contribution in [1.82, 2.24) is 4.98 Å². The van der Waals surface area contributed by atoms with Gasteiger partial charge < -0.3 is 15.0 Å². The molecule has 158 valence electrons. The van der Waals surface area contributed by atoms with E-state index in [2.05, 4.69) is 36.4 Å². The molecule has 0 saturated heterocycles. The van der Waals surface area contributed by atoms with Gasteiger partial charge in [0.1, 0.15) is 5.75 Å². The maximum Gasteiger partial charge on any atom is 0.255 e. The lowest BCUT2D eigenvalue weighted by Gasteiger charge is -2.16. The van der Waals surface area contributed by atoms with E-state index in [9.17, 15) is 4.79 Å². The largest absolute Gasteiger partial charge is 0.494 e. The minimum atomic E-state index is -0.139. The Hall–Kier alpha value is -2.86. The van der Waals surface area contributed by atoms with Gasteiger partial charge in [-0.1, -0.05) is 25.5 Å². The molecule has 0 unspecified atom stereocenters. The lowest BCUT2D eigenvalue weighted by molar-refractivity contribution is 0.102. The number of nitrogens with one attached hydrogen (secondary N) is 1. The van der Waals surface area contributed by atoms with Crippen molar-refractivity contribution in [3.63, 3.8) is 0 Å². The van der Waals surface area contributed by atoms with Crippen molar-refractivity contribution in [2.24, 2.45) is 0 Å². The number of unbranched alkanes of at least 4 members (excludes halogenated alkanes) is 1. The highest BCUT2D eigenvalue weighted by molar-refractivity contribution is 7.14. The lowest BCUT2D eigenvalue weighted by atomic mass is 10.1. The summed E-state index contributed by atoms with van der Waals surface area (Å²) in [6, 6.07) is 15.0. The minimum Gasteiger partial charge on any atom is -0.494 e. The van der Waals surface area contributed by atoms with E-state index in [1.165, 1.54) is 0 Å². The fourth-order valence-corrected chi connectivity index (χ4v) is 3.96. The highest BCUT2D eigenvalue weighted by atomic mass is 32.1. The van der Waals surface area contributed by atoms with Gasteiger partial charge in [0.15, 0.2) is 5.13 Å². The number of benzene rings is 2. The molecule has 0 saturated carbocycles. The number of thiazole rings is 1. The van der Waals surface area contributed by atoms with Crippen LogP contribution < -0.4 is 15.0 Å². The summed E-state index contributed by atoms with van der Waals surface area (Å²) in [5, 5.41) is 6.06. The summed E-state index contributed by atoms with van der Waals surface area (Å²) in [6.45, 7) is 8.98. The molecule has 3 aromatic rings. The summed E-state index contributed by atoms with van der Waals surface area (Å²) in [6.07, 6.45) is 2.12. The van der Waals surface area contributed by atoms with E-state index in [1.54, 1.807) is 23.5 Å². The zero-order valence-corrected chi connectivity index (χ0v) is 18.7. The van der Waals surface area contributed by atoms with E-state index >= 15 is 0 Å².